The van der Waals surface area contributed by atoms with Crippen LogP contribution in [0.3, 0.4) is 0 Å². The van der Waals surface area contributed by atoms with Gasteiger partial charge < -0.3 is 20.6 Å². The first kappa shape index (κ1) is 15.0. The maximum absolute atomic E-state index is 10.9. The molecule has 114 valence electrons. The van der Waals surface area contributed by atoms with Gasteiger partial charge in [-0.25, -0.2) is 0 Å². The molecule has 1 aliphatic carbocycles. The molecule has 0 heterocycles. The Morgan fingerprint density at radius 3 is 2.86 bits per heavy atom. The molecule has 0 spiro atoms. The topological polar surface area (TPSA) is 114 Å². The molecule has 1 aromatic rings. The van der Waals surface area contributed by atoms with Crippen LogP contribution in [0.2, 0.25) is 0 Å². The molecule has 1 aromatic carbocycles. The third-order valence-corrected chi connectivity index (χ3v) is 3.41. The van der Waals surface area contributed by atoms with Crippen LogP contribution in [0.25, 0.3) is 0 Å². The number of benzene rings is 1. The number of nitrogens with zero attached hydrogens (tertiary/aromatic N) is 3. The molecular weight excluding hydrogens is 276 g/mol. The Balaban J connectivity index is 2.42. The van der Waals surface area contributed by atoms with E-state index >= 15 is 0 Å². The number of nitro groups is 1. The summed E-state index contributed by atoms with van der Waals surface area (Å²) in [7, 11) is 1.62. The highest BCUT2D eigenvalue weighted by Gasteiger charge is 2.31. The van der Waals surface area contributed by atoms with Gasteiger partial charge in [-0.2, -0.15) is 0 Å². The minimum absolute atomic E-state index is 0.0946. The van der Waals surface area contributed by atoms with E-state index in [9.17, 15) is 10.1 Å². The number of non-ortho nitro benzene ring substituents is 1. The molecule has 0 aliphatic heterocycles. The standard InChI is InChI=1S/C13H18N4O4/c1-21-7-6-16(9-2-3-9)12-5-4-10(17(19)20)8-11(12)13(14)15-18/h4-5,8-9,18H,2-3,6-7H2,1H3,(H2,14,15). The van der Waals surface area contributed by atoms with Gasteiger partial charge in [-0.05, 0) is 18.9 Å². The van der Waals surface area contributed by atoms with Crippen LogP contribution in [0.15, 0.2) is 23.4 Å². The summed E-state index contributed by atoms with van der Waals surface area (Å²) in [5.74, 6) is -0.142. The molecule has 0 bridgehead atoms. The van der Waals surface area contributed by atoms with Gasteiger partial charge in [-0.3, -0.25) is 10.1 Å². The summed E-state index contributed by atoms with van der Waals surface area (Å²) in [4.78, 5) is 12.5. The first-order valence-electron chi connectivity index (χ1n) is 6.60. The predicted octanol–water partition coefficient (Wildman–Crippen LogP) is 1.30. The minimum Gasteiger partial charge on any atom is -0.409 e. The molecule has 0 unspecified atom stereocenters. The lowest BCUT2D eigenvalue weighted by atomic mass is 10.1. The van der Waals surface area contributed by atoms with Crippen LogP contribution in [0.1, 0.15) is 18.4 Å². The van der Waals surface area contributed by atoms with Crippen LogP contribution in [0.5, 0.6) is 0 Å². The Bertz CT molecular complexity index is 557. The number of ether oxygens (including phenoxy) is 1. The summed E-state index contributed by atoms with van der Waals surface area (Å²) < 4.78 is 5.10. The number of hydrogen-bond donors (Lipinski definition) is 2. The molecule has 8 nitrogen and oxygen atoms in total. The Kier molecular flexibility index (Phi) is 4.59. The van der Waals surface area contributed by atoms with Crippen LogP contribution in [0.4, 0.5) is 11.4 Å². The van der Waals surface area contributed by atoms with E-state index in [1.807, 2.05) is 0 Å². The number of amidine groups is 1. The quantitative estimate of drug-likeness (QED) is 0.257. The summed E-state index contributed by atoms with van der Waals surface area (Å²) in [6.07, 6.45) is 2.10. The third-order valence-electron chi connectivity index (χ3n) is 3.41. The van der Waals surface area contributed by atoms with E-state index in [0.717, 1.165) is 18.5 Å². The predicted molar refractivity (Wildman–Crippen MR) is 77.9 cm³/mol. The van der Waals surface area contributed by atoms with E-state index < -0.39 is 4.92 Å². The molecule has 21 heavy (non-hydrogen) atoms. The van der Waals surface area contributed by atoms with Crippen molar-refractivity contribution in [2.24, 2.45) is 10.9 Å². The molecule has 3 N–H and O–H groups in total. The number of nitrogens with two attached hydrogens (primary N) is 1. The molecule has 8 heteroatoms. The lowest BCUT2D eigenvalue weighted by Gasteiger charge is -2.26. The van der Waals surface area contributed by atoms with Gasteiger partial charge in [0.15, 0.2) is 5.84 Å². The zero-order valence-electron chi connectivity index (χ0n) is 11.7. The second-order valence-electron chi connectivity index (χ2n) is 4.86. The van der Waals surface area contributed by atoms with Crippen LogP contribution in [-0.4, -0.2) is 42.3 Å². The van der Waals surface area contributed by atoms with Gasteiger partial charge in [-0.1, -0.05) is 5.16 Å². The monoisotopic (exact) mass is 294 g/mol. The number of methoxy groups -OCH3 is 1. The SMILES string of the molecule is COCCN(c1ccc([N+](=O)[O-])cc1C(N)=NO)C1CC1. The van der Waals surface area contributed by atoms with Gasteiger partial charge >= 0.3 is 0 Å². The fraction of sp³-hybridized carbons (Fsp3) is 0.462. The van der Waals surface area contributed by atoms with Gasteiger partial charge in [0.1, 0.15) is 0 Å². The minimum atomic E-state index is -0.505. The second-order valence-corrected chi connectivity index (χ2v) is 4.86. The highest BCUT2D eigenvalue weighted by molar-refractivity contribution is 6.03. The van der Waals surface area contributed by atoms with Crippen molar-refractivity contribution in [3.8, 4) is 0 Å². The lowest BCUT2D eigenvalue weighted by Crippen LogP contribution is -2.32. The van der Waals surface area contributed by atoms with Gasteiger partial charge in [0.05, 0.1) is 17.1 Å². The molecule has 1 aliphatic rings. The number of nitro benzene ring substituents is 1. The van der Waals surface area contributed by atoms with E-state index in [1.54, 1.807) is 13.2 Å². The molecule has 0 radical (unpaired) electrons. The normalized spacial score (nSPS) is 15.0. The van der Waals surface area contributed by atoms with Crippen molar-refractivity contribution in [1.82, 2.24) is 0 Å². The maximum Gasteiger partial charge on any atom is 0.270 e. The van der Waals surface area contributed by atoms with Crippen LogP contribution in [-0.2, 0) is 4.74 Å². The molecule has 1 fully saturated rings. The van der Waals surface area contributed by atoms with Crippen LogP contribution >= 0.6 is 0 Å². The lowest BCUT2D eigenvalue weighted by molar-refractivity contribution is -0.384. The summed E-state index contributed by atoms with van der Waals surface area (Å²) >= 11 is 0. The molecule has 2 rings (SSSR count). The zero-order valence-corrected chi connectivity index (χ0v) is 11.7. The van der Waals surface area contributed by atoms with Crippen molar-refractivity contribution in [2.45, 2.75) is 18.9 Å². The van der Waals surface area contributed by atoms with Crippen molar-refractivity contribution < 1.29 is 14.9 Å². The molecule has 0 amide bonds. The van der Waals surface area contributed by atoms with Gasteiger partial charge in [0, 0.05) is 37.5 Å². The Hall–Kier alpha value is -2.35. The smallest absolute Gasteiger partial charge is 0.270 e. The number of hydrogen-bond acceptors (Lipinski definition) is 6. The van der Waals surface area contributed by atoms with Crippen molar-refractivity contribution in [2.75, 3.05) is 25.2 Å². The highest BCUT2D eigenvalue weighted by atomic mass is 16.6. The summed E-state index contributed by atoms with van der Waals surface area (Å²) in [5.41, 5.74) is 6.65. The average Bonchev–Trinajstić information content (AvgIpc) is 3.31. The van der Waals surface area contributed by atoms with Crippen LogP contribution < -0.4 is 10.6 Å². The van der Waals surface area contributed by atoms with Gasteiger partial charge in [-0.15, -0.1) is 0 Å². The van der Waals surface area contributed by atoms with Gasteiger partial charge in [0.2, 0.25) is 0 Å². The first-order valence-corrected chi connectivity index (χ1v) is 6.60. The number of oxime groups is 1. The molecule has 1 saturated carbocycles. The van der Waals surface area contributed by atoms with E-state index in [1.165, 1.54) is 12.1 Å². The first-order chi connectivity index (χ1) is 10.1. The second kappa shape index (κ2) is 6.40. The fourth-order valence-corrected chi connectivity index (χ4v) is 2.22. The Morgan fingerprint density at radius 2 is 2.33 bits per heavy atom. The zero-order chi connectivity index (χ0) is 15.4. The Morgan fingerprint density at radius 1 is 1.62 bits per heavy atom. The number of anilines is 1. The molecule has 0 saturated heterocycles. The fourth-order valence-electron chi connectivity index (χ4n) is 2.22. The Labute approximate surface area is 121 Å². The van der Waals surface area contributed by atoms with Crippen LogP contribution in [0, 0.1) is 10.1 Å². The summed E-state index contributed by atoms with van der Waals surface area (Å²) in [6, 6.07) is 4.75. The molecule has 0 aromatic heterocycles. The van der Waals surface area contributed by atoms with Crippen molar-refractivity contribution in [3.63, 3.8) is 0 Å². The summed E-state index contributed by atoms with van der Waals surface area (Å²) in [5, 5.41) is 22.8. The number of rotatable bonds is 7. The van der Waals surface area contributed by atoms with Crippen molar-refractivity contribution in [3.05, 3.63) is 33.9 Å². The van der Waals surface area contributed by atoms with E-state index in [0.29, 0.717) is 24.8 Å². The third kappa shape index (κ3) is 3.40. The largest absolute Gasteiger partial charge is 0.409 e. The van der Waals surface area contributed by atoms with Crippen molar-refractivity contribution >= 4 is 17.2 Å². The molecular formula is C13H18N4O4. The van der Waals surface area contributed by atoms with E-state index in [-0.39, 0.29) is 11.5 Å². The van der Waals surface area contributed by atoms with E-state index in [4.69, 9.17) is 15.7 Å². The molecule has 0 atom stereocenters. The summed E-state index contributed by atoms with van der Waals surface area (Å²) in [6.45, 7) is 1.17. The van der Waals surface area contributed by atoms with Crippen molar-refractivity contribution in [1.29, 1.82) is 0 Å². The average molecular weight is 294 g/mol. The maximum atomic E-state index is 10.9. The van der Waals surface area contributed by atoms with Gasteiger partial charge in [0.25, 0.3) is 5.69 Å². The highest BCUT2D eigenvalue weighted by Crippen LogP contribution is 2.34. The van der Waals surface area contributed by atoms with E-state index in [2.05, 4.69) is 10.1 Å².